The molecule has 41 heavy (non-hydrogen) atoms. The maximum atomic E-state index is 15.6. The fourth-order valence-corrected chi connectivity index (χ4v) is 7.44. The molecule has 0 saturated carbocycles. The minimum absolute atomic E-state index is 0.173. The van der Waals surface area contributed by atoms with Crippen LogP contribution in [-0.2, 0) is 11.8 Å². The lowest BCUT2D eigenvalue weighted by molar-refractivity contribution is -0.659. The number of hydrogen-bond acceptors (Lipinski definition) is 1. The SMILES string of the molecule is COCC1CCC(C)c2cccc(C(C)C)c2-c2ccc(F)c3ccc4c([n+](C)ccc4c23)-c2cc(C)cc(C)c21. The van der Waals surface area contributed by atoms with Gasteiger partial charge in [-0.1, -0.05) is 62.7 Å². The van der Waals surface area contributed by atoms with Crippen molar-refractivity contribution in [3.8, 4) is 22.4 Å². The molecule has 0 aliphatic heterocycles. The van der Waals surface area contributed by atoms with Crippen molar-refractivity contribution in [2.24, 2.45) is 7.05 Å². The molecule has 0 saturated heterocycles. The van der Waals surface area contributed by atoms with E-state index >= 15 is 4.39 Å². The van der Waals surface area contributed by atoms with Gasteiger partial charge in [-0.3, -0.25) is 0 Å². The summed E-state index contributed by atoms with van der Waals surface area (Å²) in [5, 5.41) is 3.92. The zero-order valence-electron chi connectivity index (χ0n) is 25.4. The molecule has 2 atom stereocenters. The molecular formula is C38H41FNO+. The van der Waals surface area contributed by atoms with Crippen LogP contribution < -0.4 is 4.57 Å². The molecule has 4 bridgehead atoms. The van der Waals surface area contributed by atoms with Crippen molar-refractivity contribution in [1.29, 1.82) is 0 Å². The van der Waals surface area contributed by atoms with Gasteiger partial charge in [0.15, 0.2) is 6.20 Å². The third-order valence-corrected chi connectivity index (χ3v) is 9.30. The second-order valence-electron chi connectivity index (χ2n) is 12.5. The number of ether oxygens (including phenoxy) is 1. The van der Waals surface area contributed by atoms with Gasteiger partial charge in [0.05, 0.1) is 17.6 Å². The molecule has 1 aromatic heterocycles. The predicted molar refractivity (Wildman–Crippen MR) is 169 cm³/mol. The van der Waals surface area contributed by atoms with E-state index in [9.17, 15) is 0 Å². The van der Waals surface area contributed by atoms with Gasteiger partial charge in [-0.25, -0.2) is 8.96 Å². The van der Waals surface area contributed by atoms with Crippen molar-refractivity contribution < 1.29 is 13.7 Å². The van der Waals surface area contributed by atoms with Crippen LogP contribution in [0.1, 0.15) is 79.2 Å². The fourth-order valence-electron chi connectivity index (χ4n) is 7.44. The Bertz CT molecular complexity index is 1800. The number of nitrogens with zero attached hydrogens (tertiary/aromatic N) is 1. The number of fused-ring (bicyclic) bond motifs is 4. The summed E-state index contributed by atoms with van der Waals surface area (Å²) in [5.41, 5.74) is 11.4. The first-order valence-electron chi connectivity index (χ1n) is 15.0. The van der Waals surface area contributed by atoms with E-state index in [0.717, 1.165) is 34.6 Å². The first kappa shape index (κ1) is 27.6. The van der Waals surface area contributed by atoms with Gasteiger partial charge in [0.25, 0.3) is 0 Å². The highest BCUT2D eigenvalue weighted by molar-refractivity contribution is 6.17. The van der Waals surface area contributed by atoms with Crippen LogP contribution in [0, 0.1) is 19.7 Å². The highest BCUT2D eigenvalue weighted by atomic mass is 19.1. The number of aryl methyl sites for hydroxylation is 3. The quantitative estimate of drug-likeness (QED) is 0.162. The second-order valence-corrected chi connectivity index (χ2v) is 12.5. The zero-order valence-corrected chi connectivity index (χ0v) is 25.4. The number of pyridine rings is 1. The van der Waals surface area contributed by atoms with Gasteiger partial charge in [-0.2, -0.15) is 0 Å². The molecule has 0 N–H and O–H groups in total. The molecule has 0 fully saturated rings. The highest BCUT2D eigenvalue weighted by Gasteiger charge is 2.29. The average molecular weight is 547 g/mol. The summed E-state index contributed by atoms with van der Waals surface area (Å²) in [4.78, 5) is 0. The van der Waals surface area contributed by atoms with Crippen LogP contribution in [0.4, 0.5) is 4.39 Å². The van der Waals surface area contributed by atoms with Gasteiger partial charge in [0.2, 0.25) is 5.69 Å². The molecule has 2 nitrogen and oxygen atoms in total. The third-order valence-electron chi connectivity index (χ3n) is 9.30. The summed E-state index contributed by atoms with van der Waals surface area (Å²) in [6.45, 7) is 12.0. The Labute approximate surface area is 243 Å². The van der Waals surface area contributed by atoms with E-state index in [1.54, 1.807) is 6.07 Å². The number of aromatic nitrogens is 1. The fraction of sp³-hybridized carbons (Fsp3) is 0.342. The molecule has 1 heterocycles. The number of methoxy groups -OCH3 is 1. The summed E-state index contributed by atoms with van der Waals surface area (Å²) in [7, 11) is 3.95. The van der Waals surface area contributed by atoms with Crippen LogP contribution >= 0.6 is 0 Å². The number of rotatable bonds is 3. The molecule has 4 aromatic carbocycles. The van der Waals surface area contributed by atoms with Crippen LogP contribution in [0.25, 0.3) is 43.9 Å². The van der Waals surface area contributed by atoms with Crippen molar-refractivity contribution in [1.82, 2.24) is 0 Å². The molecule has 210 valence electrons. The lowest BCUT2D eigenvalue weighted by Crippen LogP contribution is -2.31. The third kappa shape index (κ3) is 4.55. The second kappa shape index (κ2) is 10.7. The van der Waals surface area contributed by atoms with Crippen molar-refractivity contribution in [3.05, 3.63) is 100 Å². The van der Waals surface area contributed by atoms with Gasteiger partial charge in [0.1, 0.15) is 12.9 Å². The van der Waals surface area contributed by atoms with Crippen LogP contribution in [0.3, 0.4) is 0 Å². The molecule has 0 amide bonds. The maximum absolute atomic E-state index is 15.6. The molecule has 2 unspecified atom stereocenters. The minimum Gasteiger partial charge on any atom is -0.384 e. The Morgan fingerprint density at radius 3 is 2.46 bits per heavy atom. The molecule has 6 rings (SSSR count). The van der Waals surface area contributed by atoms with Crippen LogP contribution in [0.2, 0.25) is 0 Å². The Hall–Kier alpha value is -3.56. The van der Waals surface area contributed by atoms with Crippen LogP contribution in [0.5, 0.6) is 0 Å². The Morgan fingerprint density at radius 1 is 0.927 bits per heavy atom. The topological polar surface area (TPSA) is 13.1 Å². The first-order valence-corrected chi connectivity index (χ1v) is 15.0. The van der Waals surface area contributed by atoms with E-state index in [1.807, 2.05) is 19.2 Å². The maximum Gasteiger partial charge on any atom is 0.220 e. The van der Waals surface area contributed by atoms with Crippen molar-refractivity contribution in [2.45, 2.75) is 65.2 Å². The molecule has 5 aromatic rings. The van der Waals surface area contributed by atoms with Gasteiger partial charge < -0.3 is 4.74 Å². The van der Waals surface area contributed by atoms with E-state index in [4.69, 9.17) is 4.74 Å². The Balaban J connectivity index is 1.85. The molecule has 0 radical (unpaired) electrons. The zero-order chi connectivity index (χ0) is 29.0. The largest absolute Gasteiger partial charge is 0.384 e. The van der Waals surface area contributed by atoms with E-state index in [1.165, 1.54) is 44.6 Å². The van der Waals surface area contributed by atoms with E-state index in [-0.39, 0.29) is 11.7 Å². The molecule has 3 heteroatoms. The number of halogens is 1. The molecule has 1 aliphatic rings. The summed E-state index contributed by atoms with van der Waals surface area (Å²) in [6, 6.07) is 21.4. The standard InChI is InChI=1S/C38H41FNO/c1-22(2)27-9-8-10-28-24(4)11-12-26(21-41-7)35-25(5)19-23(3)20-33(35)38-30-13-14-31-34(39)16-15-32(36(27)28)37(31)29(30)17-18-40(38)6/h8-10,13-20,22,24,26H,11-12,21H2,1-7H3/q+1. The minimum atomic E-state index is -0.173. The number of benzene rings is 4. The Morgan fingerprint density at radius 2 is 1.71 bits per heavy atom. The van der Waals surface area contributed by atoms with E-state index in [0.29, 0.717) is 23.8 Å². The van der Waals surface area contributed by atoms with Gasteiger partial charge in [0, 0.05) is 35.3 Å². The summed E-state index contributed by atoms with van der Waals surface area (Å²) >= 11 is 0. The summed E-state index contributed by atoms with van der Waals surface area (Å²) in [5.74, 6) is 0.756. The lowest BCUT2D eigenvalue weighted by Gasteiger charge is -2.25. The average Bonchev–Trinajstić information content (AvgIpc) is 2.94. The van der Waals surface area contributed by atoms with Gasteiger partial charge in [-0.05, 0) is 90.1 Å². The smallest absolute Gasteiger partial charge is 0.220 e. The van der Waals surface area contributed by atoms with E-state index < -0.39 is 0 Å². The van der Waals surface area contributed by atoms with Crippen LogP contribution in [-0.4, -0.2) is 13.7 Å². The monoisotopic (exact) mass is 546 g/mol. The summed E-state index contributed by atoms with van der Waals surface area (Å²) < 4.78 is 23.7. The molecule has 0 spiro atoms. The van der Waals surface area contributed by atoms with Crippen molar-refractivity contribution in [3.63, 3.8) is 0 Å². The normalized spacial score (nSPS) is 17.0. The number of hydrogen-bond donors (Lipinski definition) is 0. The van der Waals surface area contributed by atoms with Gasteiger partial charge >= 0.3 is 0 Å². The molecular weight excluding hydrogens is 505 g/mol. The van der Waals surface area contributed by atoms with Crippen LogP contribution in [0.15, 0.2) is 66.9 Å². The van der Waals surface area contributed by atoms with Crippen molar-refractivity contribution >= 4 is 21.5 Å². The summed E-state index contributed by atoms with van der Waals surface area (Å²) in [6.07, 6.45) is 4.21. The predicted octanol–water partition coefficient (Wildman–Crippen LogP) is 9.66. The lowest BCUT2D eigenvalue weighted by atomic mass is 9.80. The van der Waals surface area contributed by atoms with Gasteiger partial charge in [-0.15, -0.1) is 0 Å². The Kier molecular flexibility index (Phi) is 7.20. The highest BCUT2D eigenvalue weighted by Crippen LogP contribution is 2.46. The van der Waals surface area contributed by atoms with E-state index in [2.05, 4.69) is 94.9 Å². The molecule has 1 aliphatic carbocycles. The first-order chi connectivity index (χ1) is 19.7. The van der Waals surface area contributed by atoms with Crippen molar-refractivity contribution in [2.75, 3.05) is 13.7 Å².